The van der Waals surface area contributed by atoms with E-state index in [9.17, 15) is 29.1 Å². The molecule has 0 aromatic heterocycles. The van der Waals surface area contributed by atoms with Crippen molar-refractivity contribution in [3.8, 4) is 0 Å². The number of carbonyl (C=O) groups excluding carboxylic acids is 3. The van der Waals surface area contributed by atoms with Crippen LogP contribution in [0.5, 0.6) is 0 Å². The summed E-state index contributed by atoms with van der Waals surface area (Å²) in [5, 5.41) is 26.2. The Morgan fingerprint density at radius 1 is 0.868 bits per heavy atom. The highest BCUT2D eigenvalue weighted by Gasteiger charge is 2.32. The van der Waals surface area contributed by atoms with E-state index in [-0.39, 0.29) is 25.2 Å². The van der Waals surface area contributed by atoms with Crippen molar-refractivity contribution < 1.29 is 34.2 Å². The second kappa shape index (κ2) is 17.1. The summed E-state index contributed by atoms with van der Waals surface area (Å²) in [5.41, 5.74) is 12.3. The van der Waals surface area contributed by atoms with E-state index >= 15 is 0 Å². The Bertz CT molecular complexity index is 928. The van der Waals surface area contributed by atoms with Crippen molar-refractivity contribution >= 4 is 29.7 Å². The van der Waals surface area contributed by atoms with Gasteiger partial charge in [-0.2, -0.15) is 0 Å². The first-order valence-corrected chi connectivity index (χ1v) is 12.8. The Kier molecular flexibility index (Phi) is 14.6. The molecule has 0 aliphatic carbocycles. The zero-order chi connectivity index (χ0) is 28.7. The van der Waals surface area contributed by atoms with Crippen LogP contribution in [0.4, 0.5) is 0 Å². The molecule has 12 heteroatoms. The van der Waals surface area contributed by atoms with Crippen LogP contribution < -0.4 is 27.4 Å². The lowest BCUT2D eigenvalue weighted by molar-refractivity contribution is -0.143. The van der Waals surface area contributed by atoms with Gasteiger partial charge in [0.1, 0.15) is 18.1 Å². The molecular weight excluding hydrogens is 494 g/mol. The first kappa shape index (κ1) is 32.5. The minimum atomic E-state index is -1.26. The van der Waals surface area contributed by atoms with Crippen LogP contribution >= 0.6 is 0 Å². The molecule has 5 unspecified atom stereocenters. The Morgan fingerprint density at radius 3 is 2.05 bits per heavy atom. The number of benzene rings is 1. The Labute approximate surface area is 222 Å². The number of aliphatic carboxylic acids is 2. The van der Waals surface area contributed by atoms with Gasteiger partial charge in [0.05, 0.1) is 6.04 Å². The van der Waals surface area contributed by atoms with Gasteiger partial charge in [-0.3, -0.25) is 19.2 Å². The number of carboxylic acid groups (broad SMARTS) is 2. The quantitative estimate of drug-likeness (QED) is 0.127. The van der Waals surface area contributed by atoms with Crippen molar-refractivity contribution in [2.75, 3.05) is 6.54 Å². The van der Waals surface area contributed by atoms with Crippen LogP contribution in [0.15, 0.2) is 30.3 Å². The highest BCUT2D eigenvalue weighted by Crippen LogP contribution is 2.11. The number of unbranched alkanes of at least 4 members (excludes halogenated alkanes) is 1. The summed E-state index contributed by atoms with van der Waals surface area (Å²) in [6.07, 6.45) is 1.33. The maximum Gasteiger partial charge on any atom is 0.326 e. The van der Waals surface area contributed by atoms with E-state index in [2.05, 4.69) is 16.0 Å². The molecule has 0 radical (unpaired) electrons. The third-order valence-corrected chi connectivity index (χ3v) is 6.27. The van der Waals surface area contributed by atoms with Crippen LogP contribution in [0.2, 0.25) is 0 Å². The molecule has 0 bridgehead atoms. The summed E-state index contributed by atoms with van der Waals surface area (Å²) in [5.74, 6) is -4.84. The van der Waals surface area contributed by atoms with Crippen LogP contribution in [0.25, 0.3) is 0 Å². The average molecular weight is 536 g/mol. The predicted molar refractivity (Wildman–Crippen MR) is 141 cm³/mol. The summed E-state index contributed by atoms with van der Waals surface area (Å²) in [4.78, 5) is 61.8. The number of rotatable bonds is 18. The second-order valence-electron chi connectivity index (χ2n) is 9.35. The Balaban J connectivity index is 2.99. The number of nitrogens with two attached hydrogens (primary N) is 2. The van der Waals surface area contributed by atoms with Gasteiger partial charge in [0.25, 0.3) is 0 Å². The first-order valence-electron chi connectivity index (χ1n) is 12.8. The van der Waals surface area contributed by atoms with Crippen LogP contribution in [-0.4, -0.2) is 70.6 Å². The maximum absolute atomic E-state index is 13.2. The van der Waals surface area contributed by atoms with E-state index in [1.807, 2.05) is 6.07 Å². The van der Waals surface area contributed by atoms with Crippen LogP contribution in [0, 0.1) is 5.92 Å². The lowest BCUT2D eigenvalue weighted by Gasteiger charge is -2.28. The molecule has 5 atom stereocenters. The predicted octanol–water partition coefficient (Wildman–Crippen LogP) is 0.135. The van der Waals surface area contributed by atoms with Gasteiger partial charge in [-0.1, -0.05) is 50.6 Å². The zero-order valence-corrected chi connectivity index (χ0v) is 22.0. The maximum atomic E-state index is 13.2. The molecule has 1 aromatic rings. The lowest BCUT2D eigenvalue weighted by Crippen LogP contribution is -2.58. The topological polar surface area (TPSA) is 214 Å². The van der Waals surface area contributed by atoms with E-state index in [0.717, 1.165) is 5.56 Å². The van der Waals surface area contributed by atoms with E-state index in [1.165, 1.54) is 0 Å². The molecule has 0 fully saturated rings. The van der Waals surface area contributed by atoms with E-state index < -0.39 is 60.2 Å². The standard InChI is InChI=1S/C26H41N5O7/c1-3-16(2)22(25(36)30-20(26(37)38)11-7-8-14-27)31-24(35)19(12-13-21(32)33)29-23(34)18(28)15-17-9-5-4-6-10-17/h4-6,9-10,16,18-20,22H,3,7-8,11-15,27-28H2,1-2H3,(H,29,34)(H,30,36)(H,31,35)(H,32,33)(H,37,38). The van der Waals surface area contributed by atoms with Gasteiger partial charge in [-0.25, -0.2) is 4.79 Å². The van der Waals surface area contributed by atoms with Crippen molar-refractivity contribution in [1.82, 2.24) is 16.0 Å². The third-order valence-electron chi connectivity index (χ3n) is 6.27. The number of carbonyl (C=O) groups is 5. The fraction of sp³-hybridized carbons (Fsp3) is 0.577. The molecule has 9 N–H and O–H groups in total. The highest BCUT2D eigenvalue weighted by molar-refractivity contribution is 5.94. The Hall–Kier alpha value is -3.51. The van der Waals surface area contributed by atoms with Crippen molar-refractivity contribution in [2.24, 2.45) is 17.4 Å². The van der Waals surface area contributed by atoms with Gasteiger partial charge in [0.15, 0.2) is 0 Å². The van der Waals surface area contributed by atoms with Gasteiger partial charge >= 0.3 is 11.9 Å². The van der Waals surface area contributed by atoms with Gasteiger partial charge in [0.2, 0.25) is 17.7 Å². The van der Waals surface area contributed by atoms with Gasteiger partial charge in [-0.05, 0) is 50.1 Å². The molecule has 12 nitrogen and oxygen atoms in total. The normalized spacial score (nSPS) is 14.8. The minimum Gasteiger partial charge on any atom is -0.481 e. The molecule has 0 aliphatic rings. The van der Waals surface area contributed by atoms with Crippen LogP contribution in [0.1, 0.15) is 57.9 Å². The number of amides is 3. The number of hydrogen-bond donors (Lipinski definition) is 7. The highest BCUT2D eigenvalue weighted by atomic mass is 16.4. The molecule has 0 saturated carbocycles. The number of nitrogens with one attached hydrogen (secondary N) is 3. The van der Waals surface area contributed by atoms with Crippen molar-refractivity contribution in [1.29, 1.82) is 0 Å². The number of carboxylic acids is 2. The fourth-order valence-corrected chi connectivity index (χ4v) is 3.74. The van der Waals surface area contributed by atoms with Gasteiger partial charge in [0, 0.05) is 6.42 Å². The largest absolute Gasteiger partial charge is 0.481 e. The average Bonchev–Trinajstić information content (AvgIpc) is 2.88. The molecule has 212 valence electrons. The van der Waals surface area contributed by atoms with Crippen molar-refractivity contribution in [2.45, 2.75) is 83.0 Å². The molecule has 38 heavy (non-hydrogen) atoms. The first-order chi connectivity index (χ1) is 18.0. The van der Waals surface area contributed by atoms with Crippen LogP contribution in [0.3, 0.4) is 0 Å². The molecule has 0 spiro atoms. The minimum absolute atomic E-state index is 0.177. The van der Waals surface area contributed by atoms with E-state index in [1.54, 1.807) is 38.1 Å². The smallest absolute Gasteiger partial charge is 0.326 e. The molecule has 0 heterocycles. The lowest BCUT2D eigenvalue weighted by atomic mass is 9.96. The molecule has 0 aliphatic heterocycles. The van der Waals surface area contributed by atoms with Crippen molar-refractivity contribution in [3.05, 3.63) is 35.9 Å². The monoisotopic (exact) mass is 535 g/mol. The summed E-state index contributed by atoms with van der Waals surface area (Å²) in [7, 11) is 0. The zero-order valence-electron chi connectivity index (χ0n) is 22.0. The molecule has 1 rings (SSSR count). The second-order valence-corrected chi connectivity index (χ2v) is 9.35. The molecule has 0 saturated heterocycles. The summed E-state index contributed by atoms with van der Waals surface area (Å²) in [6.45, 7) is 3.92. The van der Waals surface area contributed by atoms with E-state index in [0.29, 0.717) is 25.8 Å². The third kappa shape index (κ3) is 11.7. The van der Waals surface area contributed by atoms with Crippen LogP contribution in [-0.2, 0) is 30.4 Å². The summed E-state index contributed by atoms with van der Waals surface area (Å²) < 4.78 is 0. The SMILES string of the molecule is CCC(C)C(NC(=O)C(CCC(=O)O)NC(=O)C(N)Cc1ccccc1)C(=O)NC(CCCCN)C(=O)O. The molecular formula is C26H41N5O7. The van der Waals surface area contributed by atoms with E-state index in [4.69, 9.17) is 16.6 Å². The molecule has 3 amide bonds. The van der Waals surface area contributed by atoms with Crippen molar-refractivity contribution in [3.63, 3.8) is 0 Å². The summed E-state index contributed by atoms with van der Waals surface area (Å²) >= 11 is 0. The van der Waals surface area contributed by atoms with Gasteiger partial charge < -0.3 is 37.6 Å². The number of hydrogen-bond acceptors (Lipinski definition) is 7. The summed E-state index contributed by atoms with van der Waals surface area (Å²) in [6, 6.07) is 4.52. The molecule has 1 aromatic carbocycles. The van der Waals surface area contributed by atoms with Gasteiger partial charge in [-0.15, -0.1) is 0 Å². The Morgan fingerprint density at radius 2 is 1.50 bits per heavy atom. The fourth-order valence-electron chi connectivity index (χ4n) is 3.74.